The van der Waals surface area contributed by atoms with E-state index < -0.39 is 0 Å². The van der Waals surface area contributed by atoms with Gasteiger partial charge < -0.3 is 0 Å². The number of rotatable bonds is 5. The Labute approximate surface area is 130 Å². The highest BCUT2D eigenvalue weighted by Crippen LogP contribution is 2.18. The monoisotopic (exact) mass is 306 g/mol. The molecule has 0 aliphatic heterocycles. The summed E-state index contributed by atoms with van der Waals surface area (Å²) in [7, 11) is 0. The van der Waals surface area contributed by atoms with Crippen LogP contribution in [0, 0.1) is 19.7 Å². The minimum absolute atomic E-state index is 0.0416. The fourth-order valence-corrected chi connectivity index (χ4v) is 2.56. The Morgan fingerprint density at radius 1 is 1.10 bits per heavy atom. The standard InChI is InChI=1S/C17H20ClFN2/c1-11-3-4-13(7-12(11)2)8-16(21-20)10-14-9-15(18)5-6-17(14)19/h3-7,9,16,21H,8,10,20H2,1-2H3. The number of nitrogens with one attached hydrogen (secondary N) is 1. The molecule has 0 spiro atoms. The van der Waals surface area contributed by atoms with Crippen LogP contribution in [-0.2, 0) is 12.8 Å². The minimum Gasteiger partial charge on any atom is -0.271 e. The highest BCUT2D eigenvalue weighted by atomic mass is 35.5. The van der Waals surface area contributed by atoms with Gasteiger partial charge >= 0.3 is 0 Å². The zero-order chi connectivity index (χ0) is 15.4. The van der Waals surface area contributed by atoms with Gasteiger partial charge in [0.05, 0.1) is 0 Å². The number of nitrogens with two attached hydrogens (primary N) is 1. The lowest BCUT2D eigenvalue weighted by Crippen LogP contribution is -2.38. The molecule has 0 amide bonds. The summed E-state index contributed by atoms with van der Waals surface area (Å²) in [6.07, 6.45) is 1.24. The van der Waals surface area contributed by atoms with Crippen molar-refractivity contribution in [1.29, 1.82) is 0 Å². The maximum atomic E-state index is 13.8. The summed E-state index contributed by atoms with van der Waals surface area (Å²) >= 11 is 5.92. The second-order valence-corrected chi connectivity index (χ2v) is 5.86. The van der Waals surface area contributed by atoms with E-state index in [9.17, 15) is 4.39 Å². The van der Waals surface area contributed by atoms with E-state index in [-0.39, 0.29) is 11.9 Å². The summed E-state index contributed by atoms with van der Waals surface area (Å²) in [6.45, 7) is 4.17. The van der Waals surface area contributed by atoms with Gasteiger partial charge in [0.25, 0.3) is 0 Å². The van der Waals surface area contributed by atoms with E-state index in [4.69, 9.17) is 17.4 Å². The fourth-order valence-electron chi connectivity index (χ4n) is 2.37. The van der Waals surface area contributed by atoms with E-state index in [1.807, 2.05) is 0 Å². The Kier molecular flexibility index (Phi) is 5.34. The molecule has 21 heavy (non-hydrogen) atoms. The zero-order valence-electron chi connectivity index (χ0n) is 12.3. The molecule has 0 bridgehead atoms. The quantitative estimate of drug-likeness (QED) is 0.653. The van der Waals surface area contributed by atoms with Crippen LogP contribution < -0.4 is 11.3 Å². The molecule has 1 atom stereocenters. The first-order chi connectivity index (χ1) is 9.99. The molecule has 4 heteroatoms. The van der Waals surface area contributed by atoms with E-state index in [1.54, 1.807) is 12.1 Å². The van der Waals surface area contributed by atoms with Gasteiger partial charge in [-0.2, -0.15) is 0 Å². The van der Waals surface area contributed by atoms with Gasteiger partial charge in [-0.15, -0.1) is 0 Å². The van der Waals surface area contributed by atoms with Gasteiger partial charge in [0.1, 0.15) is 5.82 Å². The van der Waals surface area contributed by atoms with Crippen molar-refractivity contribution < 1.29 is 4.39 Å². The lowest BCUT2D eigenvalue weighted by Gasteiger charge is -2.17. The molecule has 3 N–H and O–H groups in total. The molecule has 0 radical (unpaired) electrons. The van der Waals surface area contributed by atoms with E-state index in [0.717, 1.165) is 6.42 Å². The molecule has 0 fully saturated rings. The van der Waals surface area contributed by atoms with Gasteiger partial charge in [-0.1, -0.05) is 29.8 Å². The van der Waals surface area contributed by atoms with Crippen molar-refractivity contribution in [2.24, 2.45) is 5.84 Å². The van der Waals surface area contributed by atoms with Crippen molar-refractivity contribution in [2.75, 3.05) is 0 Å². The Hall–Kier alpha value is -1.42. The predicted molar refractivity (Wildman–Crippen MR) is 85.8 cm³/mol. The average molecular weight is 307 g/mol. The Morgan fingerprint density at radius 2 is 1.86 bits per heavy atom. The van der Waals surface area contributed by atoms with Crippen molar-refractivity contribution >= 4 is 11.6 Å². The molecular formula is C17H20ClFN2. The molecule has 0 saturated heterocycles. The summed E-state index contributed by atoms with van der Waals surface area (Å²) in [5.74, 6) is 5.37. The molecule has 112 valence electrons. The molecular weight excluding hydrogens is 287 g/mol. The van der Waals surface area contributed by atoms with Crippen molar-refractivity contribution in [3.63, 3.8) is 0 Å². The van der Waals surface area contributed by atoms with Crippen LogP contribution in [-0.4, -0.2) is 6.04 Å². The third-order valence-corrected chi connectivity index (χ3v) is 4.00. The van der Waals surface area contributed by atoms with Crippen LogP contribution in [0.3, 0.4) is 0 Å². The molecule has 2 rings (SSSR count). The molecule has 0 saturated carbocycles. The highest BCUT2D eigenvalue weighted by Gasteiger charge is 2.13. The van der Waals surface area contributed by atoms with Gasteiger partial charge in [0, 0.05) is 11.1 Å². The van der Waals surface area contributed by atoms with Crippen molar-refractivity contribution in [3.8, 4) is 0 Å². The predicted octanol–water partition coefficient (Wildman–Crippen LogP) is 3.71. The first-order valence-corrected chi connectivity index (χ1v) is 7.33. The molecule has 0 aliphatic rings. The van der Waals surface area contributed by atoms with Crippen LogP contribution in [0.5, 0.6) is 0 Å². The summed E-state index contributed by atoms with van der Waals surface area (Å²) in [4.78, 5) is 0. The Morgan fingerprint density at radius 3 is 2.52 bits per heavy atom. The van der Waals surface area contributed by atoms with Gasteiger partial charge in [-0.3, -0.25) is 11.3 Å². The third-order valence-electron chi connectivity index (χ3n) is 3.76. The zero-order valence-corrected chi connectivity index (χ0v) is 13.0. The van der Waals surface area contributed by atoms with Crippen molar-refractivity contribution in [3.05, 3.63) is 69.5 Å². The van der Waals surface area contributed by atoms with Gasteiger partial charge in [-0.25, -0.2) is 4.39 Å². The van der Waals surface area contributed by atoms with Crippen LogP contribution in [0.1, 0.15) is 22.3 Å². The summed E-state index contributed by atoms with van der Waals surface area (Å²) in [5, 5.41) is 0.536. The minimum atomic E-state index is -0.250. The van der Waals surface area contributed by atoms with Gasteiger partial charge in [0.15, 0.2) is 0 Å². The highest BCUT2D eigenvalue weighted by molar-refractivity contribution is 6.30. The van der Waals surface area contributed by atoms with Crippen molar-refractivity contribution in [1.82, 2.24) is 5.43 Å². The second-order valence-electron chi connectivity index (χ2n) is 5.43. The molecule has 0 aromatic heterocycles. The van der Waals surface area contributed by atoms with Gasteiger partial charge in [0.2, 0.25) is 0 Å². The number of halogens is 2. The second kappa shape index (κ2) is 7.03. The smallest absolute Gasteiger partial charge is 0.126 e. The van der Waals surface area contributed by atoms with E-state index in [1.165, 1.54) is 22.8 Å². The number of benzene rings is 2. The largest absolute Gasteiger partial charge is 0.271 e. The van der Waals surface area contributed by atoms with Crippen LogP contribution in [0.25, 0.3) is 0 Å². The normalized spacial score (nSPS) is 12.4. The summed E-state index contributed by atoms with van der Waals surface area (Å²) in [6, 6.07) is 10.9. The molecule has 0 heterocycles. The third kappa shape index (κ3) is 4.27. The lowest BCUT2D eigenvalue weighted by molar-refractivity contribution is 0.506. The number of hydrogen-bond donors (Lipinski definition) is 2. The SMILES string of the molecule is Cc1ccc(CC(Cc2cc(Cl)ccc2F)NN)cc1C. The Bertz CT molecular complexity index is 628. The molecule has 0 aliphatic carbocycles. The van der Waals surface area contributed by atoms with E-state index >= 15 is 0 Å². The maximum Gasteiger partial charge on any atom is 0.126 e. The van der Waals surface area contributed by atoms with Crippen LogP contribution in [0.2, 0.25) is 5.02 Å². The van der Waals surface area contributed by atoms with E-state index in [2.05, 4.69) is 37.5 Å². The van der Waals surface area contributed by atoms with Gasteiger partial charge in [-0.05, 0) is 67.1 Å². The molecule has 1 unspecified atom stereocenters. The number of aryl methyl sites for hydroxylation is 2. The van der Waals surface area contributed by atoms with Crippen LogP contribution in [0.4, 0.5) is 4.39 Å². The average Bonchev–Trinajstić information content (AvgIpc) is 2.46. The first kappa shape index (κ1) is 16.0. The molecule has 2 aromatic carbocycles. The number of hydrogen-bond acceptors (Lipinski definition) is 2. The number of hydrazine groups is 1. The first-order valence-electron chi connectivity index (χ1n) is 6.95. The summed E-state index contributed by atoms with van der Waals surface area (Å²) in [5.41, 5.74) is 7.04. The maximum absolute atomic E-state index is 13.8. The van der Waals surface area contributed by atoms with Crippen molar-refractivity contribution in [2.45, 2.75) is 32.7 Å². The van der Waals surface area contributed by atoms with Crippen LogP contribution in [0.15, 0.2) is 36.4 Å². The summed E-state index contributed by atoms with van der Waals surface area (Å²) < 4.78 is 13.8. The lowest BCUT2D eigenvalue weighted by atomic mass is 9.97. The Balaban J connectivity index is 2.12. The molecule has 2 aromatic rings. The fraction of sp³-hybridized carbons (Fsp3) is 0.294. The van der Waals surface area contributed by atoms with Crippen LogP contribution >= 0.6 is 11.6 Å². The topological polar surface area (TPSA) is 38.0 Å². The van der Waals surface area contributed by atoms with E-state index in [0.29, 0.717) is 17.0 Å². The molecule has 2 nitrogen and oxygen atoms in total.